The molecule has 0 spiro atoms. The van der Waals surface area contributed by atoms with Gasteiger partial charge in [0.15, 0.2) is 0 Å². The highest BCUT2D eigenvalue weighted by Crippen LogP contribution is 2.32. The molecule has 1 N–H and O–H groups in total. The number of benzene rings is 1. The monoisotopic (exact) mass is 247 g/mol. The van der Waals surface area contributed by atoms with Gasteiger partial charge in [0.2, 0.25) is 0 Å². The summed E-state index contributed by atoms with van der Waals surface area (Å²) in [6, 6.07) is 7.12. The smallest absolute Gasteiger partial charge is 0.123 e. The van der Waals surface area contributed by atoms with Crippen molar-refractivity contribution >= 4 is 0 Å². The summed E-state index contributed by atoms with van der Waals surface area (Å²) in [5.74, 6) is 1.68. The Labute approximate surface area is 111 Å². The van der Waals surface area contributed by atoms with Crippen molar-refractivity contribution in [3.05, 3.63) is 29.3 Å². The first kappa shape index (κ1) is 13.4. The molecule has 0 saturated heterocycles. The molecule has 0 fully saturated rings. The van der Waals surface area contributed by atoms with Crippen LogP contribution in [-0.2, 0) is 6.42 Å². The highest BCUT2D eigenvalue weighted by Gasteiger charge is 2.22. The average molecular weight is 247 g/mol. The number of rotatable bonds is 5. The molecule has 1 aromatic carbocycles. The summed E-state index contributed by atoms with van der Waals surface area (Å²) in [7, 11) is 0. The number of hydrogen-bond acceptors (Lipinski definition) is 2. The lowest BCUT2D eigenvalue weighted by molar-refractivity contribution is 0.254. The van der Waals surface area contributed by atoms with Crippen LogP contribution < -0.4 is 10.1 Å². The van der Waals surface area contributed by atoms with Crippen LogP contribution in [0.2, 0.25) is 0 Å². The number of ether oxygens (including phenoxy) is 1. The van der Waals surface area contributed by atoms with Gasteiger partial charge in [-0.05, 0) is 43.0 Å². The quantitative estimate of drug-likeness (QED) is 0.856. The minimum absolute atomic E-state index is 0.330. The molecule has 0 radical (unpaired) electrons. The third-order valence-corrected chi connectivity index (χ3v) is 3.56. The minimum Gasteiger partial charge on any atom is -0.490 e. The lowest BCUT2D eigenvalue weighted by Crippen LogP contribution is -2.26. The molecule has 0 saturated carbocycles. The summed E-state index contributed by atoms with van der Waals surface area (Å²) < 4.78 is 5.76. The Kier molecular flexibility index (Phi) is 4.28. The van der Waals surface area contributed by atoms with E-state index in [4.69, 9.17) is 4.74 Å². The molecule has 0 aromatic heterocycles. The van der Waals surface area contributed by atoms with Crippen molar-refractivity contribution in [3.63, 3.8) is 0 Å². The van der Waals surface area contributed by atoms with Crippen molar-refractivity contribution in [3.8, 4) is 5.75 Å². The van der Waals surface area contributed by atoms with Crippen LogP contribution in [0, 0.1) is 5.92 Å². The molecule has 1 aromatic rings. The standard InChI is InChI=1S/C16H25NO/c1-5-8-17-16(11(2)3)13-6-7-15-14(10-13)9-12(4)18-15/h6-7,10-12,16-17H,5,8-9H2,1-4H3. The van der Waals surface area contributed by atoms with Gasteiger partial charge in [-0.1, -0.05) is 32.9 Å². The Morgan fingerprint density at radius 3 is 2.83 bits per heavy atom. The number of nitrogens with one attached hydrogen (secondary N) is 1. The maximum absolute atomic E-state index is 5.76. The van der Waals surface area contributed by atoms with E-state index < -0.39 is 0 Å². The van der Waals surface area contributed by atoms with E-state index in [0.29, 0.717) is 18.1 Å². The second-order valence-corrected chi connectivity index (χ2v) is 5.68. The summed E-state index contributed by atoms with van der Waals surface area (Å²) in [6.07, 6.45) is 2.55. The molecule has 0 bridgehead atoms. The van der Waals surface area contributed by atoms with Gasteiger partial charge in [0.05, 0.1) is 0 Å². The van der Waals surface area contributed by atoms with E-state index in [9.17, 15) is 0 Å². The molecule has 1 heterocycles. The lowest BCUT2D eigenvalue weighted by atomic mass is 9.94. The summed E-state index contributed by atoms with van der Waals surface area (Å²) in [4.78, 5) is 0. The zero-order valence-electron chi connectivity index (χ0n) is 12.0. The lowest BCUT2D eigenvalue weighted by Gasteiger charge is -2.23. The molecule has 0 amide bonds. The number of fused-ring (bicyclic) bond motifs is 1. The van der Waals surface area contributed by atoms with E-state index in [1.54, 1.807) is 0 Å². The van der Waals surface area contributed by atoms with Gasteiger partial charge in [0.25, 0.3) is 0 Å². The fraction of sp³-hybridized carbons (Fsp3) is 0.625. The predicted molar refractivity (Wildman–Crippen MR) is 76.1 cm³/mol. The van der Waals surface area contributed by atoms with Crippen LogP contribution in [0.4, 0.5) is 0 Å². The first-order valence-electron chi connectivity index (χ1n) is 7.14. The van der Waals surface area contributed by atoms with Crippen molar-refractivity contribution in [2.24, 2.45) is 5.92 Å². The van der Waals surface area contributed by atoms with Crippen molar-refractivity contribution in [2.45, 2.75) is 52.7 Å². The minimum atomic E-state index is 0.330. The molecule has 2 nitrogen and oxygen atoms in total. The Morgan fingerprint density at radius 1 is 1.39 bits per heavy atom. The highest BCUT2D eigenvalue weighted by molar-refractivity contribution is 5.41. The second-order valence-electron chi connectivity index (χ2n) is 5.68. The van der Waals surface area contributed by atoms with Crippen molar-refractivity contribution in [2.75, 3.05) is 6.54 Å². The molecule has 2 rings (SSSR count). The summed E-state index contributed by atoms with van der Waals surface area (Å²) in [5, 5.41) is 3.65. The van der Waals surface area contributed by atoms with E-state index in [-0.39, 0.29) is 0 Å². The maximum Gasteiger partial charge on any atom is 0.123 e. The van der Waals surface area contributed by atoms with Crippen LogP contribution in [-0.4, -0.2) is 12.6 Å². The maximum atomic E-state index is 5.76. The largest absolute Gasteiger partial charge is 0.490 e. The second kappa shape index (κ2) is 5.75. The zero-order valence-corrected chi connectivity index (χ0v) is 12.0. The van der Waals surface area contributed by atoms with E-state index in [2.05, 4.69) is 51.2 Å². The van der Waals surface area contributed by atoms with Gasteiger partial charge in [-0.15, -0.1) is 0 Å². The van der Waals surface area contributed by atoms with Crippen molar-refractivity contribution in [1.29, 1.82) is 0 Å². The van der Waals surface area contributed by atoms with E-state index in [1.165, 1.54) is 17.5 Å². The molecular formula is C16H25NO. The zero-order chi connectivity index (χ0) is 13.1. The first-order chi connectivity index (χ1) is 8.61. The number of hydrogen-bond donors (Lipinski definition) is 1. The van der Waals surface area contributed by atoms with Crippen LogP contribution in [0.5, 0.6) is 5.75 Å². The molecule has 1 aliphatic heterocycles. The van der Waals surface area contributed by atoms with Crippen LogP contribution in [0.1, 0.15) is 51.3 Å². The normalized spacial score (nSPS) is 19.7. The van der Waals surface area contributed by atoms with Crippen LogP contribution >= 0.6 is 0 Å². The topological polar surface area (TPSA) is 21.3 Å². The SMILES string of the molecule is CCCNC(c1ccc2c(c1)CC(C)O2)C(C)C. The van der Waals surface area contributed by atoms with Gasteiger partial charge in [-0.2, -0.15) is 0 Å². The van der Waals surface area contributed by atoms with Gasteiger partial charge in [-0.25, -0.2) is 0 Å². The average Bonchev–Trinajstić information content (AvgIpc) is 2.68. The van der Waals surface area contributed by atoms with E-state index in [0.717, 1.165) is 18.7 Å². The summed E-state index contributed by atoms with van der Waals surface area (Å²) >= 11 is 0. The molecule has 0 aliphatic carbocycles. The van der Waals surface area contributed by atoms with Gasteiger partial charge in [0.1, 0.15) is 11.9 Å². The Bertz CT molecular complexity index is 400. The first-order valence-corrected chi connectivity index (χ1v) is 7.14. The third kappa shape index (κ3) is 2.86. The van der Waals surface area contributed by atoms with Gasteiger partial charge in [0, 0.05) is 12.5 Å². The molecular weight excluding hydrogens is 222 g/mol. The van der Waals surface area contributed by atoms with Gasteiger partial charge < -0.3 is 10.1 Å². The molecule has 2 heteroatoms. The van der Waals surface area contributed by atoms with E-state index in [1.807, 2.05) is 0 Å². The summed E-state index contributed by atoms with van der Waals surface area (Å²) in [6.45, 7) is 9.98. The highest BCUT2D eigenvalue weighted by atomic mass is 16.5. The Morgan fingerprint density at radius 2 is 2.17 bits per heavy atom. The molecule has 2 unspecified atom stereocenters. The molecule has 18 heavy (non-hydrogen) atoms. The van der Waals surface area contributed by atoms with Gasteiger partial charge >= 0.3 is 0 Å². The van der Waals surface area contributed by atoms with Crippen LogP contribution in [0.3, 0.4) is 0 Å². The fourth-order valence-electron chi connectivity index (χ4n) is 2.67. The predicted octanol–water partition coefficient (Wildman–Crippen LogP) is 3.71. The molecule has 2 atom stereocenters. The molecule has 100 valence electrons. The van der Waals surface area contributed by atoms with Crippen molar-refractivity contribution in [1.82, 2.24) is 5.32 Å². The van der Waals surface area contributed by atoms with Crippen molar-refractivity contribution < 1.29 is 4.74 Å². The summed E-state index contributed by atoms with van der Waals surface area (Å²) in [5.41, 5.74) is 2.76. The van der Waals surface area contributed by atoms with Gasteiger partial charge in [-0.3, -0.25) is 0 Å². The van der Waals surface area contributed by atoms with E-state index >= 15 is 0 Å². The Balaban J connectivity index is 2.18. The Hall–Kier alpha value is -1.02. The van der Waals surface area contributed by atoms with Crippen LogP contribution in [0.15, 0.2) is 18.2 Å². The third-order valence-electron chi connectivity index (χ3n) is 3.56. The molecule has 1 aliphatic rings. The van der Waals surface area contributed by atoms with Crippen LogP contribution in [0.25, 0.3) is 0 Å². The fourth-order valence-corrected chi connectivity index (χ4v) is 2.67.